The first-order valence-electron chi connectivity index (χ1n) is 6.76. The zero-order valence-electron chi connectivity index (χ0n) is 12.0. The molecule has 0 atom stereocenters. The summed E-state index contributed by atoms with van der Waals surface area (Å²) in [7, 11) is 2.11. The van der Waals surface area contributed by atoms with Gasteiger partial charge >= 0.3 is 0 Å². The molecule has 2 heteroatoms. The summed E-state index contributed by atoms with van der Waals surface area (Å²) in [6, 6.07) is 14.9. The third-order valence-electron chi connectivity index (χ3n) is 3.61. The van der Waals surface area contributed by atoms with Crippen molar-refractivity contribution in [2.45, 2.75) is 26.8 Å². The van der Waals surface area contributed by atoms with Crippen LogP contribution in [-0.4, -0.2) is 7.05 Å². The molecule has 0 fully saturated rings. The second-order valence-electron chi connectivity index (χ2n) is 5.02. The Labute approximate surface area is 115 Å². The van der Waals surface area contributed by atoms with E-state index in [-0.39, 0.29) is 0 Å². The van der Waals surface area contributed by atoms with E-state index in [1.54, 1.807) is 0 Å². The molecule has 2 rings (SSSR count). The largest absolute Gasteiger partial charge is 0.398 e. The molecule has 0 aliphatic carbocycles. The van der Waals surface area contributed by atoms with Crippen LogP contribution in [0, 0.1) is 6.92 Å². The molecule has 2 nitrogen and oxygen atoms in total. The molecule has 2 aromatic carbocycles. The standard InChI is InChI=1S/C17H22N2/c1-4-14-8-10-15(11-9-14)12-19(3)17-7-5-6-16(18)13(17)2/h5-11H,4,12,18H2,1-3H3. The minimum atomic E-state index is 0.852. The fourth-order valence-electron chi connectivity index (χ4n) is 2.29. The molecular weight excluding hydrogens is 232 g/mol. The van der Waals surface area contributed by atoms with Crippen LogP contribution in [0.15, 0.2) is 42.5 Å². The van der Waals surface area contributed by atoms with E-state index in [0.717, 1.165) is 24.2 Å². The fraction of sp³-hybridized carbons (Fsp3) is 0.294. The second-order valence-corrected chi connectivity index (χ2v) is 5.02. The van der Waals surface area contributed by atoms with Crippen LogP contribution in [0.4, 0.5) is 11.4 Å². The number of benzene rings is 2. The van der Waals surface area contributed by atoms with E-state index in [9.17, 15) is 0 Å². The molecule has 0 saturated heterocycles. The molecule has 2 aromatic rings. The Bertz CT molecular complexity index is 544. The number of anilines is 2. The van der Waals surface area contributed by atoms with Crippen LogP contribution in [0.1, 0.15) is 23.6 Å². The molecule has 0 spiro atoms. The lowest BCUT2D eigenvalue weighted by Crippen LogP contribution is -2.17. The average molecular weight is 254 g/mol. The van der Waals surface area contributed by atoms with E-state index in [4.69, 9.17) is 5.73 Å². The Morgan fingerprint density at radius 1 is 1.00 bits per heavy atom. The van der Waals surface area contributed by atoms with Gasteiger partial charge in [-0.2, -0.15) is 0 Å². The predicted octanol–water partition coefficient (Wildman–Crippen LogP) is 3.78. The predicted molar refractivity (Wildman–Crippen MR) is 83.5 cm³/mol. The number of hydrogen-bond acceptors (Lipinski definition) is 2. The molecular formula is C17H22N2. The van der Waals surface area contributed by atoms with Gasteiger partial charge in [0.05, 0.1) is 0 Å². The first-order chi connectivity index (χ1) is 9.11. The highest BCUT2D eigenvalue weighted by Crippen LogP contribution is 2.25. The maximum Gasteiger partial charge on any atom is 0.0426 e. The van der Waals surface area contributed by atoms with Crippen molar-refractivity contribution in [1.29, 1.82) is 0 Å². The Morgan fingerprint density at radius 2 is 1.63 bits per heavy atom. The number of nitrogens with two attached hydrogens (primary N) is 1. The van der Waals surface area contributed by atoms with Crippen LogP contribution in [-0.2, 0) is 13.0 Å². The highest BCUT2D eigenvalue weighted by Gasteiger charge is 2.07. The molecule has 0 unspecified atom stereocenters. The smallest absolute Gasteiger partial charge is 0.0426 e. The van der Waals surface area contributed by atoms with Crippen molar-refractivity contribution in [3.63, 3.8) is 0 Å². The van der Waals surface area contributed by atoms with Crippen molar-refractivity contribution in [2.75, 3.05) is 17.7 Å². The van der Waals surface area contributed by atoms with Crippen LogP contribution >= 0.6 is 0 Å². The number of aryl methyl sites for hydroxylation is 1. The van der Waals surface area contributed by atoms with Gasteiger partial charge in [0.15, 0.2) is 0 Å². The summed E-state index contributed by atoms with van der Waals surface area (Å²) < 4.78 is 0. The first-order valence-corrected chi connectivity index (χ1v) is 6.76. The second kappa shape index (κ2) is 5.79. The molecule has 0 heterocycles. The van der Waals surface area contributed by atoms with Gasteiger partial charge in [-0.1, -0.05) is 37.3 Å². The molecule has 0 aliphatic heterocycles. The van der Waals surface area contributed by atoms with E-state index < -0.39 is 0 Å². The molecule has 0 bridgehead atoms. The lowest BCUT2D eigenvalue weighted by atomic mass is 10.1. The molecule has 100 valence electrons. The summed E-state index contributed by atoms with van der Waals surface area (Å²) in [6.45, 7) is 5.15. The van der Waals surface area contributed by atoms with Crippen molar-refractivity contribution in [3.8, 4) is 0 Å². The van der Waals surface area contributed by atoms with Gasteiger partial charge in [0.1, 0.15) is 0 Å². The molecule has 19 heavy (non-hydrogen) atoms. The van der Waals surface area contributed by atoms with E-state index in [0.29, 0.717) is 0 Å². The van der Waals surface area contributed by atoms with Gasteiger partial charge in [-0.3, -0.25) is 0 Å². The molecule has 2 N–H and O–H groups in total. The van der Waals surface area contributed by atoms with Crippen LogP contribution in [0.2, 0.25) is 0 Å². The van der Waals surface area contributed by atoms with Crippen molar-refractivity contribution < 1.29 is 0 Å². The molecule has 0 saturated carbocycles. The third kappa shape index (κ3) is 3.08. The Balaban J connectivity index is 2.15. The highest BCUT2D eigenvalue weighted by atomic mass is 15.1. The average Bonchev–Trinajstić information content (AvgIpc) is 2.42. The Hall–Kier alpha value is -1.96. The van der Waals surface area contributed by atoms with E-state index in [1.165, 1.54) is 16.8 Å². The summed E-state index contributed by atoms with van der Waals surface area (Å²) in [5, 5.41) is 0. The highest BCUT2D eigenvalue weighted by molar-refractivity contribution is 5.63. The van der Waals surface area contributed by atoms with Crippen LogP contribution < -0.4 is 10.6 Å². The third-order valence-corrected chi connectivity index (χ3v) is 3.61. The topological polar surface area (TPSA) is 29.3 Å². The van der Waals surface area contributed by atoms with Crippen molar-refractivity contribution in [2.24, 2.45) is 0 Å². The zero-order chi connectivity index (χ0) is 13.8. The van der Waals surface area contributed by atoms with Crippen molar-refractivity contribution in [1.82, 2.24) is 0 Å². The fourth-order valence-corrected chi connectivity index (χ4v) is 2.29. The lowest BCUT2D eigenvalue weighted by molar-refractivity contribution is 0.916. The summed E-state index contributed by atoms with van der Waals surface area (Å²) in [5.74, 6) is 0. The Kier molecular flexibility index (Phi) is 4.10. The minimum Gasteiger partial charge on any atom is -0.398 e. The Morgan fingerprint density at radius 3 is 2.26 bits per heavy atom. The van der Waals surface area contributed by atoms with Gasteiger partial charge in [-0.25, -0.2) is 0 Å². The van der Waals surface area contributed by atoms with Gasteiger partial charge in [0.2, 0.25) is 0 Å². The maximum absolute atomic E-state index is 5.96. The van der Waals surface area contributed by atoms with Gasteiger partial charge in [0, 0.05) is 25.0 Å². The molecule has 0 aromatic heterocycles. The van der Waals surface area contributed by atoms with Gasteiger partial charge in [0.25, 0.3) is 0 Å². The number of hydrogen-bond donors (Lipinski definition) is 1. The lowest BCUT2D eigenvalue weighted by Gasteiger charge is -2.22. The van der Waals surface area contributed by atoms with Crippen molar-refractivity contribution in [3.05, 3.63) is 59.2 Å². The van der Waals surface area contributed by atoms with Crippen LogP contribution in [0.3, 0.4) is 0 Å². The van der Waals surface area contributed by atoms with Gasteiger partial charge < -0.3 is 10.6 Å². The number of nitrogens with zero attached hydrogens (tertiary/aromatic N) is 1. The maximum atomic E-state index is 5.96. The normalized spacial score (nSPS) is 10.5. The number of rotatable bonds is 4. The SMILES string of the molecule is CCc1ccc(CN(C)c2cccc(N)c2C)cc1. The minimum absolute atomic E-state index is 0.852. The van der Waals surface area contributed by atoms with Gasteiger partial charge in [-0.15, -0.1) is 0 Å². The summed E-state index contributed by atoms with van der Waals surface area (Å²) in [6.07, 6.45) is 1.09. The van der Waals surface area contributed by atoms with Crippen LogP contribution in [0.25, 0.3) is 0 Å². The van der Waals surface area contributed by atoms with E-state index in [2.05, 4.69) is 56.1 Å². The van der Waals surface area contributed by atoms with E-state index in [1.807, 2.05) is 12.1 Å². The molecule has 0 radical (unpaired) electrons. The monoisotopic (exact) mass is 254 g/mol. The summed E-state index contributed by atoms with van der Waals surface area (Å²) >= 11 is 0. The van der Waals surface area contributed by atoms with E-state index >= 15 is 0 Å². The van der Waals surface area contributed by atoms with Gasteiger partial charge in [-0.05, 0) is 42.2 Å². The first kappa shape index (κ1) is 13.5. The van der Waals surface area contributed by atoms with Crippen molar-refractivity contribution >= 4 is 11.4 Å². The molecule has 0 aliphatic rings. The zero-order valence-corrected chi connectivity index (χ0v) is 12.0. The van der Waals surface area contributed by atoms with Crippen LogP contribution in [0.5, 0.6) is 0 Å². The molecule has 0 amide bonds. The number of nitrogen functional groups attached to an aromatic ring is 1. The summed E-state index contributed by atoms with van der Waals surface area (Å²) in [5.41, 5.74) is 11.9. The summed E-state index contributed by atoms with van der Waals surface area (Å²) in [4.78, 5) is 2.24. The quantitative estimate of drug-likeness (QED) is 0.841.